The van der Waals surface area contributed by atoms with Crippen molar-refractivity contribution in [3.63, 3.8) is 0 Å². The van der Waals surface area contributed by atoms with Gasteiger partial charge in [0.15, 0.2) is 0 Å². The molecule has 0 aromatic heterocycles. The molecule has 2 heterocycles. The molecule has 4 N–H and O–H groups in total. The number of fused-ring (bicyclic) bond motifs is 3. The fourth-order valence-electron chi connectivity index (χ4n) is 8.14. The summed E-state index contributed by atoms with van der Waals surface area (Å²) in [6.07, 6.45) is 1.29. The second-order valence-electron chi connectivity index (χ2n) is 15.4. The lowest BCUT2D eigenvalue weighted by Crippen LogP contribution is -2.63. The largest absolute Gasteiger partial charge is 0.480 e. The molecule has 0 spiro atoms. The zero-order chi connectivity index (χ0) is 42.8. The molecule has 1 aliphatic carbocycles. The van der Waals surface area contributed by atoms with Crippen molar-refractivity contribution in [3.05, 3.63) is 95.6 Å². The van der Waals surface area contributed by atoms with Crippen molar-refractivity contribution in [2.24, 2.45) is 0 Å². The summed E-state index contributed by atoms with van der Waals surface area (Å²) >= 11 is 0. The van der Waals surface area contributed by atoms with E-state index in [-0.39, 0.29) is 45.2 Å². The van der Waals surface area contributed by atoms with Gasteiger partial charge in [-0.1, -0.05) is 78.9 Å². The number of hydrogen-bond donors (Lipinski definition) is 4. The summed E-state index contributed by atoms with van der Waals surface area (Å²) in [5.74, 6) is -3.63. The lowest BCUT2D eigenvalue weighted by atomic mass is 9.98. The molecule has 6 rings (SSSR count). The van der Waals surface area contributed by atoms with E-state index in [1.54, 1.807) is 24.3 Å². The number of carbonyl (C=O) groups excluding carboxylic acids is 6. The molecule has 16 nitrogen and oxygen atoms in total. The van der Waals surface area contributed by atoms with Gasteiger partial charge in [0.2, 0.25) is 23.6 Å². The smallest absolute Gasteiger partial charge is 0.408 e. The molecule has 0 radical (unpaired) electrons. The first-order valence-corrected chi connectivity index (χ1v) is 20.4. The van der Waals surface area contributed by atoms with Crippen LogP contribution in [0, 0.1) is 0 Å². The van der Waals surface area contributed by atoms with Gasteiger partial charge < -0.3 is 45.2 Å². The molecule has 0 bridgehead atoms. The summed E-state index contributed by atoms with van der Waals surface area (Å²) in [6.45, 7) is 1.12. The summed E-state index contributed by atoms with van der Waals surface area (Å²) in [6, 6.07) is 20.3. The number of carboxylic acids is 1. The van der Waals surface area contributed by atoms with Crippen LogP contribution in [0.5, 0.6) is 0 Å². The Labute approximate surface area is 348 Å². The Morgan fingerprint density at radius 2 is 1.35 bits per heavy atom. The Bertz CT molecular complexity index is 2020. The summed E-state index contributed by atoms with van der Waals surface area (Å²) in [7, 11) is 1.42. The molecule has 2 aliphatic heterocycles. The Morgan fingerprint density at radius 1 is 0.750 bits per heavy atom. The van der Waals surface area contributed by atoms with Crippen LogP contribution in [-0.4, -0.2) is 126 Å². The molecule has 3 aliphatic rings. The van der Waals surface area contributed by atoms with Gasteiger partial charge in [-0.05, 0) is 73.3 Å². The van der Waals surface area contributed by atoms with Crippen LogP contribution in [0.15, 0.2) is 78.9 Å². The summed E-state index contributed by atoms with van der Waals surface area (Å²) in [4.78, 5) is 96.1. The van der Waals surface area contributed by atoms with Crippen molar-refractivity contribution in [2.45, 2.75) is 82.1 Å². The molecule has 4 atom stereocenters. The van der Waals surface area contributed by atoms with Crippen molar-refractivity contribution in [2.75, 3.05) is 39.8 Å². The number of likely N-dealkylation sites (tertiary alicyclic amines) is 2. The van der Waals surface area contributed by atoms with Crippen molar-refractivity contribution >= 4 is 41.8 Å². The number of ether oxygens (including phenoxy) is 2. The number of rotatable bonds is 14. The van der Waals surface area contributed by atoms with Crippen LogP contribution in [0.1, 0.15) is 68.1 Å². The molecule has 318 valence electrons. The molecular weight excluding hydrogens is 773 g/mol. The SMILES string of the molecule is C[C@@H](NC(=O)[C@@H]1CCCCN1C(=O)CN(C)C(=O)CNC(=O)OCC1c2ccccc2-c2ccccc21)[C@@H](NC(=O)OCc1ccccc1)C(=O)N1CCCC[C@H]1C(=O)O. The molecule has 2 fully saturated rings. The van der Waals surface area contributed by atoms with Crippen LogP contribution in [0.3, 0.4) is 0 Å². The van der Waals surface area contributed by atoms with Gasteiger partial charge in [0, 0.05) is 26.1 Å². The third-order valence-corrected chi connectivity index (χ3v) is 11.3. The van der Waals surface area contributed by atoms with E-state index in [0.29, 0.717) is 37.7 Å². The first-order valence-electron chi connectivity index (χ1n) is 20.4. The minimum Gasteiger partial charge on any atom is -0.480 e. The average molecular weight is 825 g/mol. The van der Waals surface area contributed by atoms with Crippen molar-refractivity contribution in [1.29, 1.82) is 0 Å². The van der Waals surface area contributed by atoms with Gasteiger partial charge in [-0.3, -0.25) is 19.2 Å². The fourth-order valence-corrected chi connectivity index (χ4v) is 8.14. The number of carbonyl (C=O) groups is 7. The first-order chi connectivity index (χ1) is 28.9. The first kappa shape index (κ1) is 43.1. The van der Waals surface area contributed by atoms with Crippen LogP contribution in [0.4, 0.5) is 9.59 Å². The monoisotopic (exact) mass is 824 g/mol. The predicted octanol–water partition coefficient (Wildman–Crippen LogP) is 3.63. The Balaban J connectivity index is 1.03. The second kappa shape index (κ2) is 20.0. The van der Waals surface area contributed by atoms with Gasteiger partial charge in [-0.25, -0.2) is 14.4 Å². The van der Waals surface area contributed by atoms with E-state index in [0.717, 1.165) is 27.2 Å². The van der Waals surface area contributed by atoms with Crippen LogP contribution < -0.4 is 16.0 Å². The number of alkyl carbamates (subject to hydrolysis) is 2. The number of aliphatic carboxylic acids is 1. The van der Waals surface area contributed by atoms with Gasteiger partial charge in [-0.2, -0.15) is 0 Å². The topological polar surface area (TPSA) is 204 Å². The number of benzene rings is 3. The highest BCUT2D eigenvalue weighted by Crippen LogP contribution is 2.44. The van der Waals surface area contributed by atoms with Crippen LogP contribution in [-0.2, 0) is 40.1 Å². The summed E-state index contributed by atoms with van der Waals surface area (Å²) < 4.78 is 10.9. The second-order valence-corrected chi connectivity index (χ2v) is 15.4. The molecule has 16 heteroatoms. The van der Waals surface area contributed by atoms with E-state index in [1.165, 1.54) is 23.8 Å². The Morgan fingerprint density at radius 3 is 2.00 bits per heavy atom. The molecule has 6 amide bonds. The predicted molar refractivity (Wildman–Crippen MR) is 218 cm³/mol. The van der Waals surface area contributed by atoms with Crippen LogP contribution in [0.25, 0.3) is 11.1 Å². The van der Waals surface area contributed by atoms with E-state index >= 15 is 0 Å². The standard InChI is InChI=1S/C44H52N6O10/c1-28(39(41(54)50-23-13-11-21-36(50)42(55)56)47-44(58)59-26-29-14-4-3-5-15-29)46-40(53)35-20-10-12-22-49(35)38(52)25-48(2)37(51)24-45-43(57)60-27-34-32-18-8-6-16-30(32)31-17-7-9-19-33(31)34/h3-9,14-19,28,34-36,39H,10-13,20-27H2,1-2H3,(H,45,57)(H,46,53)(H,47,58)(H,55,56)/t28-,35+,36+,39-/m1/s1. The molecule has 0 saturated carbocycles. The molecule has 2 saturated heterocycles. The lowest BCUT2D eigenvalue weighted by molar-refractivity contribution is -0.153. The highest BCUT2D eigenvalue weighted by Gasteiger charge is 2.41. The zero-order valence-corrected chi connectivity index (χ0v) is 33.8. The summed E-state index contributed by atoms with van der Waals surface area (Å²) in [5, 5.41) is 17.7. The number of amides is 6. The molecule has 0 unspecified atom stereocenters. The molecule has 3 aromatic carbocycles. The highest BCUT2D eigenvalue weighted by molar-refractivity contribution is 5.93. The normalized spacial score (nSPS) is 18.2. The van der Waals surface area contributed by atoms with E-state index in [1.807, 2.05) is 54.6 Å². The average Bonchev–Trinajstić information content (AvgIpc) is 3.59. The Hall–Kier alpha value is -6.45. The zero-order valence-electron chi connectivity index (χ0n) is 33.8. The summed E-state index contributed by atoms with van der Waals surface area (Å²) in [5.41, 5.74) is 4.98. The molecule has 3 aromatic rings. The molecule has 60 heavy (non-hydrogen) atoms. The van der Waals surface area contributed by atoms with Gasteiger partial charge in [-0.15, -0.1) is 0 Å². The van der Waals surface area contributed by atoms with Gasteiger partial charge in [0.05, 0.1) is 12.6 Å². The Kier molecular flexibility index (Phi) is 14.4. The maximum Gasteiger partial charge on any atom is 0.408 e. The van der Waals surface area contributed by atoms with Gasteiger partial charge in [0.1, 0.15) is 37.9 Å². The van der Waals surface area contributed by atoms with Crippen molar-refractivity contribution < 1.29 is 48.1 Å². The maximum absolute atomic E-state index is 14.0. The minimum absolute atomic E-state index is 0.0732. The van der Waals surface area contributed by atoms with E-state index < -0.39 is 72.5 Å². The third-order valence-electron chi connectivity index (χ3n) is 11.3. The van der Waals surface area contributed by atoms with Crippen LogP contribution in [0.2, 0.25) is 0 Å². The van der Waals surface area contributed by atoms with Crippen LogP contribution >= 0.6 is 0 Å². The number of nitrogens with zero attached hydrogens (tertiary/aromatic N) is 3. The van der Waals surface area contributed by atoms with Crippen molar-refractivity contribution in [1.82, 2.24) is 30.7 Å². The number of carboxylic acid groups (broad SMARTS) is 1. The van der Waals surface area contributed by atoms with E-state index in [9.17, 15) is 38.7 Å². The maximum atomic E-state index is 14.0. The minimum atomic E-state index is -1.39. The quantitative estimate of drug-likeness (QED) is 0.186. The number of piperidine rings is 2. The van der Waals surface area contributed by atoms with Crippen molar-refractivity contribution in [3.8, 4) is 11.1 Å². The molecular formula is C44H52N6O10. The van der Waals surface area contributed by atoms with E-state index in [4.69, 9.17) is 9.47 Å². The van der Waals surface area contributed by atoms with Gasteiger partial charge >= 0.3 is 18.2 Å². The lowest BCUT2D eigenvalue weighted by Gasteiger charge is -2.38. The number of nitrogens with one attached hydrogen (secondary N) is 3. The fraction of sp³-hybridized carbons (Fsp3) is 0.432. The van der Waals surface area contributed by atoms with Gasteiger partial charge in [0.25, 0.3) is 0 Å². The highest BCUT2D eigenvalue weighted by atomic mass is 16.6. The number of hydrogen-bond acceptors (Lipinski definition) is 9. The van der Waals surface area contributed by atoms with E-state index in [2.05, 4.69) is 16.0 Å². The number of likely N-dealkylation sites (N-methyl/N-ethyl adjacent to an activating group) is 1. The third kappa shape index (κ3) is 10.4.